The van der Waals surface area contributed by atoms with E-state index in [0.717, 1.165) is 5.69 Å². The Kier molecular flexibility index (Phi) is 4.55. The number of aromatic nitrogens is 4. The number of carbonyl (C=O) groups excluding carboxylic acids is 1. The highest BCUT2D eigenvalue weighted by Gasteiger charge is 2.12. The van der Waals surface area contributed by atoms with E-state index in [0.29, 0.717) is 21.4 Å². The predicted octanol–water partition coefficient (Wildman–Crippen LogP) is 2.90. The molecule has 0 aliphatic rings. The summed E-state index contributed by atoms with van der Waals surface area (Å²) in [6.45, 7) is 0.166. The van der Waals surface area contributed by atoms with Crippen molar-refractivity contribution >= 4 is 29.1 Å². The molecule has 3 rings (SSSR count). The van der Waals surface area contributed by atoms with Crippen molar-refractivity contribution in [3.63, 3.8) is 0 Å². The van der Waals surface area contributed by atoms with E-state index in [-0.39, 0.29) is 12.5 Å². The van der Waals surface area contributed by atoms with Crippen LogP contribution in [0.2, 0.25) is 10.0 Å². The predicted molar refractivity (Wildman–Crippen MR) is 86.8 cm³/mol. The number of amides is 1. The number of rotatable bonds is 4. The molecule has 0 fully saturated rings. The maximum Gasteiger partial charge on any atom is 0.253 e. The molecule has 0 saturated heterocycles. The van der Waals surface area contributed by atoms with Gasteiger partial charge in [-0.25, -0.2) is 0 Å². The molecule has 8 heteroatoms. The second-order valence-electron chi connectivity index (χ2n) is 4.65. The molecule has 1 heterocycles. The van der Waals surface area contributed by atoms with Gasteiger partial charge >= 0.3 is 0 Å². The van der Waals surface area contributed by atoms with Gasteiger partial charge in [-0.3, -0.25) is 4.79 Å². The van der Waals surface area contributed by atoms with Crippen LogP contribution in [0.25, 0.3) is 5.69 Å². The number of carbonyl (C=O) groups is 1. The van der Waals surface area contributed by atoms with Crippen LogP contribution >= 0.6 is 23.2 Å². The fraction of sp³-hybridized carbons (Fsp3) is 0.0667. The van der Waals surface area contributed by atoms with Crippen LogP contribution < -0.4 is 5.32 Å². The van der Waals surface area contributed by atoms with E-state index in [9.17, 15) is 4.79 Å². The van der Waals surface area contributed by atoms with Crippen molar-refractivity contribution in [1.29, 1.82) is 0 Å². The van der Waals surface area contributed by atoms with Crippen LogP contribution in [0.4, 0.5) is 0 Å². The molecule has 0 aliphatic carbocycles. The van der Waals surface area contributed by atoms with Crippen LogP contribution in [-0.2, 0) is 6.54 Å². The monoisotopic (exact) mass is 347 g/mol. The highest BCUT2D eigenvalue weighted by molar-refractivity contribution is 6.33. The second kappa shape index (κ2) is 6.76. The molecule has 0 bridgehead atoms. The van der Waals surface area contributed by atoms with Gasteiger partial charge in [-0.1, -0.05) is 35.3 Å². The molecule has 3 aromatic rings. The standard InChI is InChI=1S/C15H11Cl2N5O/c16-10-5-7-11(8-6-10)22-14(19-20-21-22)9-18-15(23)12-3-1-2-4-13(12)17/h1-8H,9H2,(H,18,23). The molecule has 1 N–H and O–H groups in total. The van der Waals surface area contributed by atoms with Crippen LogP contribution in [0, 0.1) is 0 Å². The van der Waals surface area contributed by atoms with Gasteiger partial charge in [0.15, 0.2) is 5.82 Å². The average Bonchev–Trinajstić information content (AvgIpc) is 3.02. The molecule has 1 amide bonds. The minimum absolute atomic E-state index is 0.166. The van der Waals surface area contributed by atoms with Gasteiger partial charge < -0.3 is 5.32 Å². The van der Waals surface area contributed by atoms with E-state index >= 15 is 0 Å². The summed E-state index contributed by atoms with van der Waals surface area (Å²) in [4.78, 5) is 12.2. The first-order chi connectivity index (χ1) is 11.1. The van der Waals surface area contributed by atoms with Crippen molar-refractivity contribution in [3.05, 3.63) is 70.0 Å². The molecule has 0 radical (unpaired) electrons. The second-order valence-corrected chi connectivity index (χ2v) is 5.49. The largest absolute Gasteiger partial charge is 0.345 e. The number of halogens is 2. The van der Waals surface area contributed by atoms with Gasteiger partial charge in [0.1, 0.15) is 0 Å². The number of nitrogens with one attached hydrogen (secondary N) is 1. The highest BCUT2D eigenvalue weighted by Crippen LogP contribution is 2.15. The molecule has 23 heavy (non-hydrogen) atoms. The molecular formula is C15H11Cl2N5O. The van der Waals surface area contributed by atoms with Crippen molar-refractivity contribution in [3.8, 4) is 5.69 Å². The smallest absolute Gasteiger partial charge is 0.253 e. The van der Waals surface area contributed by atoms with Gasteiger partial charge in [0.05, 0.1) is 22.8 Å². The first-order valence-corrected chi connectivity index (χ1v) is 7.46. The normalized spacial score (nSPS) is 10.5. The number of hydrogen-bond donors (Lipinski definition) is 1. The summed E-state index contributed by atoms with van der Waals surface area (Å²) in [5, 5.41) is 15.2. The van der Waals surface area contributed by atoms with Crippen molar-refractivity contribution in [2.24, 2.45) is 0 Å². The number of hydrogen-bond acceptors (Lipinski definition) is 4. The molecule has 1 aromatic heterocycles. The van der Waals surface area contributed by atoms with Crippen LogP contribution in [0.15, 0.2) is 48.5 Å². The lowest BCUT2D eigenvalue weighted by Gasteiger charge is -2.07. The maximum absolute atomic E-state index is 12.2. The van der Waals surface area contributed by atoms with Gasteiger partial charge in [0.25, 0.3) is 5.91 Å². The van der Waals surface area contributed by atoms with Crippen molar-refractivity contribution in [1.82, 2.24) is 25.5 Å². The van der Waals surface area contributed by atoms with E-state index in [1.807, 2.05) is 0 Å². The lowest BCUT2D eigenvalue weighted by Crippen LogP contribution is -2.25. The van der Waals surface area contributed by atoms with Crippen molar-refractivity contribution in [2.75, 3.05) is 0 Å². The lowest BCUT2D eigenvalue weighted by molar-refractivity contribution is 0.0950. The number of benzene rings is 2. The van der Waals surface area contributed by atoms with E-state index in [2.05, 4.69) is 20.8 Å². The first-order valence-electron chi connectivity index (χ1n) is 6.71. The third kappa shape index (κ3) is 3.49. The molecule has 0 spiro atoms. The van der Waals surface area contributed by atoms with Crippen molar-refractivity contribution in [2.45, 2.75) is 6.54 Å². The van der Waals surface area contributed by atoms with Crippen LogP contribution in [0.5, 0.6) is 0 Å². The lowest BCUT2D eigenvalue weighted by atomic mass is 10.2. The Labute approximate surface area is 142 Å². The van der Waals surface area contributed by atoms with E-state index in [1.165, 1.54) is 4.68 Å². The fourth-order valence-electron chi connectivity index (χ4n) is 2.00. The molecule has 0 saturated carbocycles. The third-order valence-electron chi connectivity index (χ3n) is 3.13. The van der Waals surface area contributed by atoms with Crippen LogP contribution in [0.3, 0.4) is 0 Å². The molecular weight excluding hydrogens is 337 g/mol. The van der Waals surface area contributed by atoms with Crippen molar-refractivity contribution < 1.29 is 4.79 Å². The minimum atomic E-state index is -0.291. The van der Waals surface area contributed by atoms with Crippen LogP contribution in [0.1, 0.15) is 16.2 Å². The Morgan fingerprint density at radius 3 is 2.57 bits per heavy atom. The summed E-state index contributed by atoms with van der Waals surface area (Å²) in [6.07, 6.45) is 0. The summed E-state index contributed by atoms with van der Waals surface area (Å²) >= 11 is 11.9. The van der Waals surface area contributed by atoms with Gasteiger partial charge in [-0.15, -0.1) is 5.10 Å². The quantitative estimate of drug-likeness (QED) is 0.787. The highest BCUT2D eigenvalue weighted by atomic mass is 35.5. The molecule has 0 atom stereocenters. The molecule has 2 aromatic carbocycles. The zero-order valence-corrected chi connectivity index (χ0v) is 13.3. The Balaban J connectivity index is 1.75. The summed E-state index contributed by atoms with van der Waals surface area (Å²) in [7, 11) is 0. The third-order valence-corrected chi connectivity index (χ3v) is 3.71. The summed E-state index contributed by atoms with van der Waals surface area (Å²) in [5.41, 5.74) is 1.15. The summed E-state index contributed by atoms with van der Waals surface area (Å²) < 4.78 is 1.53. The summed E-state index contributed by atoms with van der Waals surface area (Å²) in [5.74, 6) is 0.203. The molecule has 0 unspecified atom stereocenters. The maximum atomic E-state index is 12.2. The molecule has 6 nitrogen and oxygen atoms in total. The zero-order chi connectivity index (χ0) is 16.2. The first kappa shape index (κ1) is 15.5. The van der Waals surface area contributed by atoms with Gasteiger partial charge in [0.2, 0.25) is 0 Å². The van der Waals surface area contributed by atoms with E-state index in [1.54, 1.807) is 48.5 Å². The Morgan fingerprint density at radius 1 is 1.09 bits per heavy atom. The van der Waals surface area contributed by atoms with Gasteiger partial charge in [-0.2, -0.15) is 4.68 Å². The van der Waals surface area contributed by atoms with E-state index < -0.39 is 0 Å². The Hall–Kier alpha value is -2.44. The molecule has 0 aliphatic heterocycles. The van der Waals surface area contributed by atoms with E-state index in [4.69, 9.17) is 23.2 Å². The van der Waals surface area contributed by atoms with Crippen LogP contribution in [-0.4, -0.2) is 26.1 Å². The SMILES string of the molecule is O=C(NCc1nnnn1-c1ccc(Cl)cc1)c1ccccc1Cl. The number of tetrazole rings is 1. The zero-order valence-electron chi connectivity index (χ0n) is 11.8. The van der Waals surface area contributed by atoms with Gasteiger partial charge in [-0.05, 0) is 46.8 Å². The fourth-order valence-corrected chi connectivity index (χ4v) is 2.35. The minimum Gasteiger partial charge on any atom is -0.345 e. The topological polar surface area (TPSA) is 72.7 Å². The Bertz CT molecular complexity index is 832. The number of nitrogens with zero attached hydrogens (tertiary/aromatic N) is 4. The van der Waals surface area contributed by atoms with Gasteiger partial charge in [0, 0.05) is 5.02 Å². The summed E-state index contributed by atoms with van der Waals surface area (Å²) in [6, 6.07) is 13.9. The Morgan fingerprint density at radius 2 is 1.83 bits per heavy atom. The molecule has 116 valence electrons. The average molecular weight is 348 g/mol.